The molecule has 0 saturated carbocycles. The van der Waals surface area contributed by atoms with Gasteiger partial charge in [-0.05, 0) is 37.1 Å². The van der Waals surface area contributed by atoms with Crippen molar-refractivity contribution in [2.24, 2.45) is 0 Å². The molecule has 0 N–H and O–H groups in total. The number of ketones is 2. The van der Waals surface area contributed by atoms with Gasteiger partial charge in [0.25, 0.3) is 0 Å². The molecule has 0 amide bonds. The zero-order valence-electron chi connectivity index (χ0n) is 14.8. The fraction of sp³-hybridized carbons (Fsp3) is 0.238. The summed E-state index contributed by atoms with van der Waals surface area (Å²) in [6.07, 6.45) is 2.36. The normalized spacial score (nSPS) is 14.2. The Hall–Kier alpha value is -2.59. The summed E-state index contributed by atoms with van der Waals surface area (Å²) in [7, 11) is 1.52. The molecule has 0 saturated heterocycles. The molecule has 0 aliphatic heterocycles. The van der Waals surface area contributed by atoms with Crippen molar-refractivity contribution in [1.29, 1.82) is 0 Å². The van der Waals surface area contributed by atoms with Crippen LogP contribution in [-0.2, 0) is 0 Å². The molecule has 0 bridgehead atoms. The van der Waals surface area contributed by atoms with Crippen molar-refractivity contribution >= 4 is 29.2 Å². The number of halogens is 1. The van der Waals surface area contributed by atoms with E-state index in [0.717, 1.165) is 6.42 Å². The van der Waals surface area contributed by atoms with E-state index in [-0.39, 0.29) is 23.2 Å². The van der Waals surface area contributed by atoms with Gasteiger partial charge < -0.3 is 9.47 Å². The summed E-state index contributed by atoms with van der Waals surface area (Å²) in [6.45, 7) is 3.96. The Morgan fingerprint density at radius 2 is 1.73 bits per heavy atom. The monoisotopic (exact) mass is 370 g/mol. The molecule has 2 aromatic carbocycles. The fourth-order valence-corrected chi connectivity index (χ4v) is 3.06. The summed E-state index contributed by atoms with van der Waals surface area (Å²) in [6, 6.07) is 10.2. The molecular formula is C21H19ClO4. The molecule has 5 heteroatoms. The number of carbonyl (C=O) groups is 2. The molecule has 3 rings (SSSR count). The van der Waals surface area contributed by atoms with Crippen LogP contribution in [0.15, 0.2) is 42.0 Å². The summed E-state index contributed by atoms with van der Waals surface area (Å²) >= 11 is 6.36. The first kappa shape index (κ1) is 18.2. The van der Waals surface area contributed by atoms with Crippen molar-refractivity contribution in [1.82, 2.24) is 0 Å². The molecular weight excluding hydrogens is 352 g/mol. The lowest BCUT2D eigenvalue weighted by atomic mass is 10.1. The van der Waals surface area contributed by atoms with Gasteiger partial charge in [-0.1, -0.05) is 42.8 Å². The van der Waals surface area contributed by atoms with Gasteiger partial charge in [0.05, 0.1) is 23.8 Å². The topological polar surface area (TPSA) is 52.6 Å². The van der Waals surface area contributed by atoms with E-state index < -0.39 is 0 Å². The number of fused-ring (bicyclic) bond motifs is 1. The van der Waals surface area contributed by atoms with E-state index >= 15 is 0 Å². The largest absolute Gasteiger partial charge is 0.493 e. The van der Waals surface area contributed by atoms with E-state index in [4.69, 9.17) is 21.1 Å². The molecule has 0 spiro atoms. The predicted octanol–water partition coefficient (Wildman–Crippen LogP) is 4.99. The number of methoxy groups -OCH3 is 1. The van der Waals surface area contributed by atoms with Crippen molar-refractivity contribution in [3.8, 4) is 11.5 Å². The van der Waals surface area contributed by atoms with Gasteiger partial charge >= 0.3 is 0 Å². The Morgan fingerprint density at radius 1 is 1.12 bits per heavy atom. The minimum Gasteiger partial charge on any atom is -0.493 e. The number of Topliss-reactive ketones (excluding diaryl/α,β-unsaturated/α-hetero) is 2. The van der Waals surface area contributed by atoms with Crippen LogP contribution >= 0.6 is 11.6 Å². The number of hydrogen-bond donors (Lipinski definition) is 0. The van der Waals surface area contributed by atoms with Crippen molar-refractivity contribution < 1.29 is 19.1 Å². The van der Waals surface area contributed by atoms with Gasteiger partial charge in [-0.3, -0.25) is 9.59 Å². The second-order valence-corrected chi connectivity index (χ2v) is 6.54. The zero-order chi connectivity index (χ0) is 18.8. The minimum absolute atomic E-state index is 0.0157. The van der Waals surface area contributed by atoms with E-state index in [1.54, 1.807) is 42.5 Å². The van der Waals surface area contributed by atoms with Gasteiger partial charge in [-0.2, -0.15) is 0 Å². The first-order valence-electron chi connectivity index (χ1n) is 8.40. The summed E-state index contributed by atoms with van der Waals surface area (Å²) < 4.78 is 11.2. The molecule has 1 aliphatic carbocycles. The van der Waals surface area contributed by atoms with E-state index in [1.165, 1.54) is 7.11 Å². The average molecular weight is 371 g/mol. The quantitative estimate of drug-likeness (QED) is 0.549. The van der Waals surface area contributed by atoms with Gasteiger partial charge in [0.15, 0.2) is 23.1 Å². The highest BCUT2D eigenvalue weighted by molar-refractivity contribution is 6.41. The van der Waals surface area contributed by atoms with Crippen LogP contribution in [-0.4, -0.2) is 24.8 Å². The maximum absolute atomic E-state index is 12.5. The Bertz CT molecular complexity index is 877. The molecule has 1 aliphatic rings. The predicted molar refractivity (Wildman–Crippen MR) is 101 cm³/mol. The van der Waals surface area contributed by atoms with Crippen LogP contribution in [0.5, 0.6) is 11.5 Å². The van der Waals surface area contributed by atoms with Crippen LogP contribution in [0.4, 0.5) is 0 Å². The average Bonchev–Trinajstić information content (AvgIpc) is 2.88. The Balaban J connectivity index is 2.01. The minimum atomic E-state index is -0.277. The molecule has 0 heterocycles. The number of ether oxygens (including phenoxy) is 2. The molecule has 0 fully saturated rings. The van der Waals surface area contributed by atoms with Gasteiger partial charge in [-0.25, -0.2) is 0 Å². The number of benzene rings is 2. The highest BCUT2D eigenvalue weighted by atomic mass is 35.5. The summed E-state index contributed by atoms with van der Waals surface area (Å²) in [5, 5.41) is 0.368. The Kier molecular flexibility index (Phi) is 5.14. The lowest BCUT2D eigenvalue weighted by Crippen LogP contribution is -2.11. The molecule has 0 unspecified atom stereocenters. The van der Waals surface area contributed by atoms with Crippen LogP contribution < -0.4 is 9.47 Å². The molecule has 2 aromatic rings. The van der Waals surface area contributed by atoms with Crippen LogP contribution in [0.25, 0.3) is 6.08 Å². The Morgan fingerprint density at radius 3 is 2.27 bits per heavy atom. The maximum atomic E-state index is 12.5. The standard InChI is InChI=1S/C21H19ClO4/c1-4-12(2)26-21-17(22)10-13(11-18(21)25-3)9-16-19(23)14-7-5-6-8-15(14)20(16)24/h5-12H,4H2,1-3H3/t12-/m1/s1. The van der Waals surface area contributed by atoms with Crippen LogP contribution in [0.2, 0.25) is 5.02 Å². The van der Waals surface area contributed by atoms with Gasteiger partial charge in [0, 0.05) is 11.1 Å². The van der Waals surface area contributed by atoms with Crippen molar-refractivity contribution in [3.63, 3.8) is 0 Å². The van der Waals surface area contributed by atoms with E-state index in [1.807, 2.05) is 13.8 Å². The fourth-order valence-electron chi connectivity index (χ4n) is 2.79. The van der Waals surface area contributed by atoms with Crippen molar-refractivity contribution in [2.45, 2.75) is 26.4 Å². The first-order valence-corrected chi connectivity index (χ1v) is 8.78. The smallest absolute Gasteiger partial charge is 0.197 e. The Labute approximate surface area is 157 Å². The third-order valence-electron chi connectivity index (χ3n) is 4.36. The number of carbonyl (C=O) groups excluding carboxylic acids is 2. The van der Waals surface area contributed by atoms with Gasteiger partial charge in [0.2, 0.25) is 0 Å². The van der Waals surface area contributed by atoms with Crippen LogP contribution in [0.3, 0.4) is 0 Å². The summed E-state index contributed by atoms with van der Waals surface area (Å²) in [5.74, 6) is 0.360. The van der Waals surface area contributed by atoms with Gasteiger partial charge in [0.1, 0.15) is 0 Å². The SMILES string of the molecule is CC[C@@H](C)Oc1c(Cl)cc(C=C2C(=O)c3ccccc3C2=O)cc1OC. The number of hydrogen-bond acceptors (Lipinski definition) is 4. The van der Waals surface area contributed by atoms with E-state index in [2.05, 4.69) is 0 Å². The third-order valence-corrected chi connectivity index (χ3v) is 4.64. The summed E-state index contributed by atoms with van der Waals surface area (Å²) in [4.78, 5) is 25.0. The highest BCUT2D eigenvalue weighted by Gasteiger charge is 2.32. The maximum Gasteiger partial charge on any atom is 0.197 e. The zero-order valence-corrected chi connectivity index (χ0v) is 15.6. The van der Waals surface area contributed by atoms with E-state index in [9.17, 15) is 9.59 Å². The summed E-state index contributed by atoms with van der Waals surface area (Å²) in [5.41, 5.74) is 1.59. The third kappa shape index (κ3) is 3.25. The molecule has 0 aromatic heterocycles. The molecule has 134 valence electrons. The lowest BCUT2D eigenvalue weighted by Gasteiger charge is -2.17. The number of rotatable bonds is 5. The van der Waals surface area contributed by atoms with Crippen LogP contribution in [0, 0.1) is 0 Å². The van der Waals surface area contributed by atoms with E-state index in [0.29, 0.717) is 33.2 Å². The highest BCUT2D eigenvalue weighted by Crippen LogP contribution is 2.38. The second-order valence-electron chi connectivity index (χ2n) is 6.13. The second kappa shape index (κ2) is 7.34. The number of allylic oxidation sites excluding steroid dienone is 1. The van der Waals surface area contributed by atoms with Gasteiger partial charge in [-0.15, -0.1) is 0 Å². The molecule has 1 atom stereocenters. The van der Waals surface area contributed by atoms with Crippen molar-refractivity contribution in [2.75, 3.05) is 7.11 Å². The lowest BCUT2D eigenvalue weighted by molar-refractivity contribution is 0.0990. The molecule has 4 nitrogen and oxygen atoms in total. The van der Waals surface area contributed by atoms with Crippen LogP contribution in [0.1, 0.15) is 46.5 Å². The molecule has 26 heavy (non-hydrogen) atoms. The van der Waals surface area contributed by atoms with Crippen molar-refractivity contribution in [3.05, 3.63) is 63.7 Å². The first-order chi connectivity index (χ1) is 12.5. The molecule has 0 radical (unpaired) electrons.